The van der Waals surface area contributed by atoms with Gasteiger partial charge in [0.15, 0.2) is 0 Å². The quantitative estimate of drug-likeness (QED) is 0.821. The van der Waals surface area contributed by atoms with Crippen molar-refractivity contribution in [2.75, 3.05) is 45.9 Å². The number of amides is 2. The fourth-order valence-electron chi connectivity index (χ4n) is 2.91. The number of hydrogen-bond donors (Lipinski definition) is 1. The number of carbonyl (C=O) groups is 2. The molecule has 1 aromatic carbocycles. The number of nitrogens with one attached hydrogen (secondary N) is 1. The van der Waals surface area contributed by atoms with Crippen LogP contribution in [-0.4, -0.2) is 73.6 Å². The fraction of sp³-hybridized carbons (Fsp3) is 0.500. The van der Waals surface area contributed by atoms with Gasteiger partial charge in [-0.25, -0.2) is 4.39 Å². The molecule has 0 aliphatic carbocycles. The van der Waals surface area contributed by atoms with Crippen LogP contribution >= 0.6 is 24.0 Å². The second kappa shape index (κ2) is 8.80. The van der Waals surface area contributed by atoms with Crippen LogP contribution in [0.1, 0.15) is 10.4 Å². The molecule has 2 heterocycles. The zero-order chi connectivity index (χ0) is 17.1. The van der Waals surface area contributed by atoms with Crippen molar-refractivity contribution in [1.82, 2.24) is 15.1 Å². The Hall–Kier alpha value is -1.41. The van der Waals surface area contributed by atoms with Gasteiger partial charge in [-0.1, -0.05) is 11.6 Å². The Morgan fingerprint density at radius 2 is 1.88 bits per heavy atom. The van der Waals surface area contributed by atoms with E-state index in [0.717, 1.165) is 6.07 Å². The first-order chi connectivity index (χ1) is 11.6. The molecule has 2 fully saturated rings. The van der Waals surface area contributed by atoms with Gasteiger partial charge in [-0.05, 0) is 18.2 Å². The molecule has 2 aliphatic heterocycles. The van der Waals surface area contributed by atoms with Gasteiger partial charge in [0.25, 0.3) is 5.91 Å². The molecule has 25 heavy (non-hydrogen) atoms. The minimum atomic E-state index is -0.478. The van der Waals surface area contributed by atoms with Gasteiger partial charge in [0, 0.05) is 32.7 Å². The zero-order valence-corrected chi connectivity index (χ0v) is 15.1. The van der Waals surface area contributed by atoms with Crippen LogP contribution in [0.2, 0.25) is 5.02 Å². The average Bonchev–Trinajstić information content (AvgIpc) is 2.61. The molecule has 2 saturated heterocycles. The molecular weight excluding hydrogens is 372 g/mol. The third-order valence-electron chi connectivity index (χ3n) is 4.26. The molecule has 1 atom stereocenters. The maximum Gasteiger partial charge on any atom is 0.255 e. The van der Waals surface area contributed by atoms with Gasteiger partial charge in [0.05, 0.1) is 23.8 Å². The molecule has 0 radical (unpaired) electrons. The Bertz CT molecular complexity index is 633. The number of nitrogens with zero attached hydrogens (tertiary/aromatic N) is 2. The minimum Gasteiger partial charge on any atom is -0.378 e. The van der Waals surface area contributed by atoms with Gasteiger partial charge in [-0.3, -0.25) is 9.59 Å². The van der Waals surface area contributed by atoms with Gasteiger partial charge >= 0.3 is 0 Å². The third-order valence-corrected chi connectivity index (χ3v) is 4.57. The molecule has 2 aliphatic rings. The second-order valence-electron chi connectivity index (χ2n) is 5.82. The van der Waals surface area contributed by atoms with E-state index in [1.807, 2.05) is 0 Å². The van der Waals surface area contributed by atoms with Gasteiger partial charge in [0.2, 0.25) is 5.91 Å². The van der Waals surface area contributed by atoms with Gasteiger partial charge in [-0.15, -0.1) is 12.4 Å². The standard InChI is InChI=1S/C16H19ClFN3O3.ClH/c17-13-9-11(18)1-2-12(13)15(22)20-4-6-21(7-5-20)16(23)14-10-24-8-3-19-14;/h1-2,9,14,19H,3-8,10H2;1H. The summed E-state index contributed by atoms with van der Waals surface area (Å²) >= 11 is 5.95. The van der Waals surface area contributed by atoms with Crippen LogP contribution in [0.4, 0.5) is 4.39 Å². The van der Waals surface area contributed by atoms with E-state index >= 15 is 0 Å². The van der Waals surface area contributed by atoms with Crippen molar-refractivity contribution < 1.29 is 18.7 Å². The number of hydrogen-bond acceptors (Lipinski definition) is 4. The lowest BCUT2D eigenvalue weighted by molar-refractivity contribution is -0.137. The molecule has 0 aromatic heterocycles. The van der Waals surface area contributed by atoms with E-state index in [-0.39, 0.29) is 40.8 Å². The van der Waals surface area contributed by atoms with Crippen LogP contribution in [0.25, 0.3) is 0 Å². The van der Waals surface area contributed by atoms with Crippen molar-refractivity contribution >= 4 is 35.8 Å². The van der Waals surface area contributed by atoms with Crippen LogP contribution in [-0.2, 0) is 9.53 Å². The second-order valence-corrected chi connectivity index (χ2v) is 6.23. The van der Waals surface area contributed by atoms with E-state index in [9.17, 15) is 14.0 Å². The third kappa shape index (κ3) is 4.61. The first-order valence-electron chi connectivity index (χ1n) is 7.90. The number of halogens is 3. The summed E-state index contributed by atoms with van der Waals surface area (Å²) in [6.45, 7) is 3.42. The smallest absolute Gasteiger partial charge is 0.255 e. The molecule has 1 N–H and O–H groups in total. The molecule has 0 bridgehead atoms. The van der Waals surface area contributed by atoms with Gasteiger partial charge in [0.1, 0.15) is 11.9 Å². The molecule has 6 nitrogen and oxygen atoms in total. The maximum atomic E-state index is 13.1. The Labute approximate surface area is 156 Å². The zero-order valence-electron chi connectivity index (χ0n) is 13.5. The monoisotopic (exact) mass is 391 g/mol. The first kappa shape index (κ1) is 19.9. The Morgan fingerprint density at radius 1 is 1.20 bits per heavy atom. The maximum absolute atomic E-state index is 13.1. The van der Waals surface area contributed by atoms with Gasteiger partial charge in [-0.2, -0.15) is 0 Å². The Kier molecular flexibility index (Phi) is 7.01. The minimum absolute atomic E-state index is 0. The normalized spacial score (nSPS) is 20.8. The van der Waals surface area contributed by atoms with Crippen molar-refractivity contribution in [1.29, 1.82) is 0 Å². The molecule has 0 spiro atoms. The highest BCUT2D eigenvalue weighted by Crippen LogP contribution is 2.20. The Balaban J connectivity index is 0.00000225. The van der Waals surface area contributed by atoms with Crippen molar-refractivity contribution in [2.45, 2.75) is 6.04 Å². The number of carbonyl (C=O) groups excluding carboxylic acids is 2. The lowest BCUT2D eigenvalue weighted by Crippen LogP contribution is -2.57. The molecule has 2 amide bonds. The van der Waals surface area contributed by atoms with Crippen LogP contribution < -0.4 is 5.32 Å². The van der Waals surface area contributed by atoms with Crippen molar-refractivity contribution in [3.63, 3.8) is 0 Å². The summed E-state index contributed by atoms with van der Waals surface area (Å²) in [5.41, 5.74) is 0.278. The number of piperazine rings is 1. The predicted octanol–water partition coefficient (Wildman–Crippen LogP) is 1.17. The summed E-state index contributed by atoms with van der Waals surface area (Å²) in [6, 6.07) is 3.42. The summed E-state index contributed by atoms with van der Waals surface area (Å²) in [5, 5.41) is 3.24. The van der Waals surface area contributed by atoms with Crippen molar-refractivity contribution in [3.05, 3.63) is 34.6 Å². The van der Waals surface area contributed by atoms with E-state index in [4.69, 9.17) is 16.3 Å². The summed E-state index contributed by atoms with van der Waals surface area (Å²) in [5.74, 6) is -0.720. The number of ether oxygens (including phenoxy) is 1. The molecule has 9 heteroatoms. The van der Waals surface area contributed by atoms with Crippen molar-refractivity contribution in [2.24, 2.45) is 0 Å². The van der Waals surface area contributed by atoms with Crippen LogP contribution in [0.5, 0.6) is 0 Å². The average molecular weight is 392 g/mol. The topological polar surface area (TPSA) is 61.9 Å². The lowest BCUT2D eigenvalue weighted by Gasteiger charge is -2.37. The van der Waals surface area contributed by atoms with Crippen LogP contribution in [0.15, 0.2) is 18.2 Å². The van der Waals surface area contributed by atoms with Gasteiger partial charge < -0.3 is 19.9 Å². The molecule has 138 valence electrons. The highest BCUT2D eigenvalue weighted by Gasteiger charge is 2.30. The number of rotatable bonds is 2. The highest BCUT2D eigenvalue weighted by molar-refractivity contribution is 6.33. The SMILES string of the molecule is Cl.O=C(c1ccc(F)cc1Cl)N1CCN(C(=O)C2COCCN2)CC1. The predicted molar refractivity (Wildman–Crippen MR) is 93.8 cm³/mol. The van der Waals surface area contributed by atoms with E-state index < -0.39 is 5.82 Å². The van der Waals surface area contributed by atoms with Crippen molar-refractivity contribution in [3.8, 4) is 0 Å². The van der Waals surface area contributed by atoms with E-state index in [1.54, 1.807) is 9.80 Å². The van der Waals surface area contributed by atoms with Crippen LogP contribution in [0.3, 0.4) is 0 Å². The summed E-state index contributed by atoms with van der Waals surface area (Å²) < 4.78 is 18.4. The summed E-state index contributed by atoms with van der Waals surface area (Å²) in [7, 11) is 0. The number of benzene rings is 1. The first-order valence-corrected chi connectivity index (χ1v) is 8.28. The molecule has 0 saturated carbocycles. The van der Waals surface area contributed by atoms with E-state index in [0.29, 0.717) is 45.9 Å². The molecule has 1 aromatic rings. The fourth-order valence-corrected chi connectivity index (χ4v) is 3.16. The Morgan fingerprint density at radius 3 is 2.48 bits per heavy atom. The lowest BCUT2D eigenvalue weighted by atomic mass is 10.1. The summed E-state index contributed by atoms with van der Waals surface area (Å²) in [6.07, 6.45) is 0. The van der Waals surface area contributed by atoms with E-state index in [2.05, 4.69) is 5.32 Å². The summed E-state index contributed by atoms with van der Waals surface area (Å²) in [4.78, 5) is 28.3. The number of morpholine rings is 1. The molecular formula is C16H20Cl2FN3O3. The largest absolute Gasteiger partial charge is 0.378 e. The van der Waals surface area contributed by atoms with E-state index in [1.165, 1.54) is 12.1 Å². The highest BCUT2D eigenvalue weighted by atomic mass is 35.5. The van der Waals surface area contributed by atoms with Crippen LogP contribution in [0, 0.1) is 5.82 Å². The molecule has 3 rings (SSSR count). The molecule has 1 unspecified atom stereocenters.